The molecular formula is C16H26N4. The number of nitrogens with zero attached hydrogens (tertiary/aromatic N) is 3. The first-order chi connectivity index (χ1) is 9.59. The van der Waals surface area contributed by atoms with Gasteiger partial charge in [-0.05, 0) is 56.3 Å². The number of hydrogen-bond acceptors (Lipinski definition) is 3. The molecule has 4 fully saturated rings. The van der Waals surface area contributed by atoms with Crippen molar-refractivity contribution in [2.24, 2.45) is 23.5 Å². The number of hydrogen-bond donors (Lipinski definition) is 1. The van der Waals surface area contributed by atoms with E-state index in [1.54, 1.807) is 0 Å². The van der Waals surface area contributed by atoms with Crippen molar-refractivity contribution < 1.29 is 0 Å². The molecule has 4 aliphatic carbocycles. The van der Waals surface area contributed by atoms with Crippen LogP contribution in [0.5, 0.6) is 0 Å². The van der Waals surface area contributed by atoms with Gasteiger partial charge in [-0.2, -0.15) is 5.10 Å². The molecule has 1 aromatic heterocycles. The Kier molecular flexibility index (Phi) is 2.75. The molecule has 5 rings (SSSR count). The Balaban J connectivity index is 1.78. The van der Waals surface area contributed by atoms with Gasteiger partial charge < -0.3 is 5.73 Å². The minimum absolute atomic E-state index is 0.273. The van der Waals surface area contributed by atoms with Crippen molar-refractivity contribution in [3.63, 3.8) is 0 Å². The van der Waals surface area contributed by atoms with Crippen LogP contribution in [0.2, 0.25) is 0 Å². The van der Waals surface area contributed by atoms with E-state index < -0.39 is 0 Å². The first kappa shape index (κ1) is 12.8. The fraction of sp³-hybridized carbons (Fsp3) is 0.875. The zero-order valence-corrected chi connectivity index (χ0v) is 12.7. The molecule has 0 atom stereocenters. The summed E-state index contributed by atoms with van der Waals surface area (Å²) in [5.74, 6) is 5.22. The van der Waals surface area contributed by atoms with Gasteiger partial charge in [0.05, 0.1) is 12.1 Å². The van der Waals surface area contributed by atoms with Crippen LogP contribution in [0.1, 0.15) is 69.9 Å². The molecule has 1 heterocycles. The first-order valence-corrected chi connectivity index (χ1v) is 8.26. The molecule has 4 nitrogen and oxygen atoms in total. The van der Waals surface area contributed by atoms with Crippen LogP contribution < -0.4 is 5.73 Å². The van der Waals surface area contributed by atoms with Gasteiger partial charge in [-0.25, -0.2) is 9.67 Å². The van der Waals surface area contributed by atoms with E-state index in [0.717, 1.165) is 29.4 Å². The Labute approximate surface area is 121 Å². The van der Waals surface area contributed by atoms with Crippen molar-refractivity contribution in [1.82, 2.24) is 14.8 Å². The van der Waals surface area contributed by atoms with Crippen molar-refractivity contribution in [2.45, 2.75) is 70.4 Å². The average Bonchev–Trinajstić information content (AvgIpc) is 2.82. The third-order valence-corrected chi connectivity index (χ3v) is 5.83. The molecule has 0 unspecified atom stereocenters. The van der Waals surface area contributed by atoms with E-state index in [0.29, 0.717) is 12.5 Å². The minimum Gasteiger partial charge on any atom is -0.324 e. The van der Waals surface area contributed by atoms with Crippen molar-refractivity contribution in [1.29, 1.82) is 0 Å². The van der Waals surface area contributed by atoms with E-state index in [9.17, 15) is 0 Å². The molecule has 4 aliphatic rings. The Hall–Kier alpha value is -0.900. The maximum absolute atomic E-state index is 5.79. The summed E-state index contributed by atoms with van der Waals surface area (Å²) in [6.07, 6.45) is 8.38. The summed E-state index contributed by atoms with van der Waals surface area (Å²) in [5.41, 5.74) is 6.06. The number of aromatic nitrogens is 3. The fourth-order valence-corrected chi connectivity index (χ4v) is 5.50. The van der Waals surface area contributed by atoms with Gasteiger partial charge in [-0.3, -0.25) is 0 Å². The minimum atomic E-state index is 0.273. The molecule has 0 radical (unpaired) electrons. The van der Waals surface area contributed by atoms with Crippen LogP contribution in [0.4, 0.5) is 0 Å². The normalized spacial score (nSPS) is 38.9. The second kappa shape index (κ2) is 4.30. The summed E-state index contributed by atoms with van der Waals surface area (Å²) >= 11 is 0. The smallest absolute Gasteiger partial charge is 0.164 e. The summed E-state index contributed by atoms with van der Waals surface area (Å²) in [6.45, 7) is 4.90. The Morgan fingerprint density at radius 2 is 1.70 bits per heavy atom. The summed E-state index contributed by atoms with van der Waals surface area (Å²) in [5, 5.41) is 4.82. The van der Waals surface area contributed by atoms with Crippen LogP contribution in [0, 0.1) is 17.8 Å². The molecule has 4 heteroatoms. The highest BCUT2D eigenvalue weighted by molar-refractivity contribution is 5.10. The zero-order chi connectivity index (χ0) is 13.9. The largest absolute Gasteiger partial charge is 0.324 e. The first-order valence-electron chi connectivity index (χ1n) is 8.26. The summed E-state index contributed by atoms with van der Waals surface area (Å²) < 4.78 is 2.32. The molecule has 110 valence electrons. The van der Waals surface area contributed by atoms with Gasteiger partial charge in [-0.1, -0.05) is 13.8 Å². The maximum Gasteiger partial charge on any atom is 0.164 e. The van der Waals surface area contributed by atoms with E-state index in [2.05, 4.69) is 18.5 Å². The molecule has 0 aliphatic heterocycles. The van der Waals surface area contributed by atoms with Gasteiger partial charge >= 0.3 is 0 Å². The lowest BCUT2D eigenvalue weighted by Gasteiger charge is -2.56. The standard InChI is InChI=1S/C16H26N4/c1-10(2)15-18-14(9-17)19-20(15)16-6-11-3-12(7-16)5-13(4-11)8-16/h10-13H,3-9,17H2,1-2H3. The van der Waals surface area contributed by atoms with E-state index in [1.165, 1.54) is 38.5 Å². The highest BCUT2D eigenvalue weighted by Crippen LogP contribution is 2.59. The van der Waals surface area contributed by atoms with Crippen molar-refractivity contribution in [3.05, 3.63) is 11.6 Å². The summed E-state index contributed by atoms with van der Waals surface area (Å²) in [7, 11) is 0. The van der Waals surface area contributed by atoms with Gasteiger partial charge in [0.1, 0.15) is 5.82 Å². The van der Waals surface area contributed by atoms with Gasteiger partial charge in [0.2, 0.25) is 0 Å². The molecule has 4 saturated carbocycles. The van der Waals surface area contributed by atoms with Crippen LogP contribution in [0.25, 0.3) is 0 Å². The molecule has 1 aromatic rings. The fourth-order valence-electron chi connectivity index (χ4n) is 5.50. The van der Waals surface area contributed by atoms with Gasteiger partial charge in [-0.15, -0.1) is 0 Å². The van der Waals surface area contributed by atoms with E-state index >= 15 is 0 Å². The third kappa shape index (κ3) is 1.77. The summed E-state index contributed by atoms with van der Waals surface area (Å²) in [4.78, 5) is 4.71. The van der Waals surface area contributed by atoms with Gasteiger partial charge in [0.25, 0.3) is 0 Å². The average molecular weight is 274 g/mol. The van der Waals surface area contributed by atoms with E-state index in [4.69, 9.17) is 15.8 Å². The SMILES string of the molecule is CC(C)c1nc(CN)nn1C12CC3CC(CC(C3)C1)C2. The molecule has 0 spiro atoms. The monoisotopic (exact) mass is 274 g/mol. The Morgan fingerprint density at radius 3 is 2.15 bits per heavy atom. The Morgan fingerprint density at radius 1 is 1.15 bits per heavy atom. The predicted octanol–water partition coefficient (Wildman–Crippen LogP) is 2.79. The van der Waals surface area contributed by atoms with Crippen LogP contribution in [-0.2, 0) is 12.1 Å². The van der Waals surface area contributed by atoms with Crippen LogP contribution in [0.15, 0.2) is 0 Å². The summed E-state index contributed by atoms with van der Waals surface area (Å²) in [6, 6.07) is 0. The zero-order valence-electron chi connectivity index (χ0n) is 12.7. The lowest BCUT2D eigenvalue weighted by atomic mass is 9.53. The topological polar surface area (TPSA) is 56.7 Å². The molecule has 0 aromatic carbocycles. The van der Waals surface area contributed by atoms with Crippen LogP contribution >= 0.6 is 0 Å². The third-order valence-electron chi connectivity index (χ3n) is 5.83. The van der Waals surface area contributed by atoms with Gasteiger partial charge in [0.15, 0.2) is 5.82 Å². The second-order valence-electron chi connectivity index (χ2n) is 7.80. The van der Waals surface area contributed by atoms with Crippen molar-refractivity contribution >= 4 is 0 Å². The van der Waals surface area contributed by atoms with Gasteiger partial charge in [0, 0.05) is 5.92 Å². The maximum atomic E-state index is 5.79. The molecule has 20 heavy (non-hydrogen) atoms. The van der Waals surface area contributed by atoms with E-state index in [1.807, 2.05) is 0 Å². The highest BCUT2D eigenvalue weighted by Gasteiger charge is 2.53. The number of nitrogens with two attached hydrogens (primary N) is 1. The van der Waals surface area contributed by atoms with E-state index in [-0.39, 0.29) is 5.54 Å². The number of rotatable bonds is 3. The molecule has 4 bridgehead atoms. The predicted molar refractivity (Wildman–Crippen MR) is 78.1 cm³/mol. The molecular weight excluding hydrogens is 248 g/mol. The lowest BCUT2D eigenvalue weighted by Crippen LogP contribution is -2.52. The van der Waals surface area contributed by atoms with Crippen molar-refractivity contribution in [2.75, 3.05) is 0 Å². The van der Waals surface area contributed by atoms with Crippen LogP contribution in [0.3, 0.4) is 0 Å². The molecule has 0 saturated heterocycles. The second-order valence-corrected chi connectivity index (χ2v) is 7.80. The molecule has 0 amide bonds. The quantitative estimate of drug-likeness (QED) is 0.922. The highest BCUT2D eigenvalue weighted by atomic mass is 15.4. The van der Waals surface area contributed by atoms with Crippen molar-refractivity contribution in [3.8, 4) is 0 Å². The van der Waals surface area contributed by atoms with Crippen LogP contribution in [-0.4, -0.2) is 14.8 Å². The lowest BCUT2D eigenvalue weighted by molar-refractivity contribution is -0.0514. The molecule has 2 N–H and O–H groups in total. The Bertz CT molecular complexity index is 481.